The Morgan fingerprint density at radius 2 is 1.78 bits per heavy atom. The molecule has 1 aliphatic rings. The number of nitrogens with zero attached hydrogens (tertiary/aromatic N) is 2. The fraction of sp³-hybridized carbons (Fsp3) is 0.263. The third-order valence-electron chi connectivity index (χ3n) is 4.45. The zero-order valence-electron chi connectivity index (χ0n) is 14.6. The molecule has 8 nitrogen and oxygen atoms in total. The Hall–Kier alpha value is -3.42. The van der Waals surface area contributed by atoms with Gasteiger partial charge in [0.05, 0.1) is 11.3 Å². The van der Waals surface area contributed by atoms with E-state index in [-0.39, 0.29) is 17.7 Å². The van der Waals surface area contributed by atoms with Crippen molar-refractivity contribution in [2.75, 3.05) is 23.3 Å². The van der Waals surface area contributed by atoms with E-state index in [2.05, 4.69) is 5.32 Å². The first-order chi connectivity index (χ1) is 12.9. The van der Waals surface area contributed by atoms with Crippen molar-refractivity contribution in [3.63, 3.8) is 0 Å². The fourth-order valence-corrected chi connectivity index (χ4v) is 3.12. The number of benzene rings is 2. The van der Waals surface area contributed by atoms with E-state index in [1.807, 2.05) is 4.90 Å². The molecule has 2 aromatic rings. The highest BCUT2D eigenvalue weighted by Crippen LogP contribution is 2.31. The van der Waals surface area contributed by atoms with Crippen molar-refractivity contribution in [2.24, 2.45) is 0 Å². The van der Waals surface area contributed by atoms with Crippen molar-refractivity contribution in [2.45, 2.75) is 19.3 Å². The molecule has 1 aliphatic heterocycles. The minimum atomic E-state index is -0.933. The largest absolute Gasteiger partial charge is 0.481 e. The van der Waals surface area contributed by atoms with E-state index < -0.39 is 16.8 Å². The molecular formula is C19H19N3O5. The zero-order chi connectivity index (χ0) is 19.4. The van der Waals surface area contributed by atoms with E-state index in [4.69, 9.17) is 5.11 Å². The van der Waals surface area contributed by atoms with Crippen LogP contribution in [0.25, 0.3) is 0 Å². The van der Waals surface area contributed by atoms with Crippen LogP contribution in [-0.4, -0.2) is 35.0 Å². The molecular weight excluding hydrogens is 350 g/mol. The van der Waals surface area contributed by atoms with Gasteiger partial charge < -0.3 is 15.3 Å². The summed E-state index contributed by atoms with van der Waals surface area (Å²) in [6.07, 6.45) is 1.90. The van der Waals surface area contributed by atoms with Gasteiger partial charge in [-0.1, -0.05) is 12.1 Å². The molecule has 0 saturated carbocycles. The summed E-state index contributed by atoms with van der Waals surface area (Å²) in [6.45, 7) is 1.55. The Morgan fingerprint density at radius 3 is 2.37 bits per heavy atom. The first-order valence-electron chi connectivity index (χ1n) is 8.59. The Morgan fingerprint density at radius 1 is 1.11 bits per heavy atom. The number of aliphatic carboxylic acids is 1. The second kappa shape index (κ2) is 7.86. The van der Waals surface area contributed by atoms with Crippen LogP contribution in [0.1, 0.15) is 28.8 Å². The summed E-state index contributed by atoms with van der Waals surface area (Å²) < 4.78 is 0. The third kappa shape index (κ3) is 4.41. The van der Waals surface area contributed by atoms with E-state index in [9.17, 15) is 19.7 Å². The maximum absolute atomic E-state index is 12.4. The zero-order valence-corrected chi connectivity index (χ0v) is 14.6. The summed E-state index contributed by atoms with van der Waals surface area (Å²) in [5, 5.41) is 22.9. The Balaban J connectivity index is 1.77. The highest BCUT2D eigenvalue weighted by atomic mass is 16.6. The maximum Gasteiger partial charge on any atom is 0.307 e. The minimum absolute atomic E-state index is 0.0821. The molecule has 1 fully saturated rings. The monoisotopic (exact) mass is 369 g/mol. The van der Waals surface area contributed by atoms with Crippen LogP contribution in [-0.2, 0) is 11.2 Å². The van der Waals surface area contributed by atoms with Gasteiger partial charge in [0.1, 0.15) is 5.69 Å². The number of hydrogen-bond donors (Lipinski definition) is 2. The summed E-state index contributed by atoms with van der Waals surface area (Å²) in [5.41, 5.74) is 1.75. The lowest BCUT2D eigenvalue weighted by Gasteiger charge is -2.17. The highest BCUT2D eigenvalue weighted by molar-refractivity contribution is 6.05. The van der Waals surface area contributed by atoms with Crippen LogP contribution in [0, 0.1) is 10.1 Å². The third-order valence-corrected chi connectivity index (χ3v) is 4.45. The second-order valence-corrected chi connectivity index (χ2v) is 6.38. The number of amides is 1. The van der Waals surface area contributed by atoms with Crippen LogP contribution in [0.4, 0.5) is 17.1 Å². The van der Waals surface area contributed by atoms with E-state index in [0.717, 1.165) is 25.9 Å². The van der Waals surface area contributed by atoms with E-state index >= 15 is 0 Å². The molecule has 0 bridgehead atoms. The minimum Gasteiger partial charge on any atom is -0.481 e. The van der Waals surface area contributed by atoms with Crippen LogP contribution >= 0.6 is 0 Å². The number of carbonyl (C=O) groups is 2. The van der Waals surface area contributed by atoms with Crippen molar-refractivity contribution < 1.29 is 19.6 Å². The Labute approximate surface area is 155 Å². The molecule has 0 aromatic heterocycles. The predicted molar refractivity (Wildman–Crippen MR) is 100 cm³/mol. The SMILES string of the molecule is O=C(O)Cc1ccc(NC(=O)c2ccc(N3CCCC3)c([N+](=O)[O-])c2)cc1. The summed E-state index contributed by atoms with van der Waals surface area (Å²) in [4.78, 5) is 36.1. The number of nitrogens with one attached hydrogen (secondary N) is 1. The molecule has 1 heterocycles. The van der Waals surface area contributed by atoms with Crippen LogP contribution in [0.2, 0.25) is 0 Å². The molecule has 0 unspecified atom stereocenters. The Bertz CT molecular complexity index is 873. The first-order valence-corrected chi connectivity index (χ1v) is 8.59. The smallest absolute Gasteiger partial charge is 0.307 e. The molecule has 1 saturated heterocycles. The lowest BCUT2D eigenvalue weighted by atomic mass is 10.1. The van der Waals surface area contributed by atoms with Crippen molar-refractivity contribution in [1.29, 1.82) is 0 Å². The van der Waals surface area contributed by atoms with Gasteiger partial charge in [-0.15, -0.1) is 0 Å². The van der Waals surface area contributed by atoms with E-state index in [1.165, 1.54) is 6.07 Å². The number of carboxylic acid groups (broad SMARTS) is 1. The van der Waals surface area contributed by atoms with Gasteiger partial charge in [0.15, 0.2) is 0 Å². The number of carboxylic acids is 1. The number of rotatable bonds is 6. The normalized spacial score (nSPS) is 13.4. The fourth-order valence-electron chi connectivity index (χ4n) is 3.12. The first kappa shape index (κ1) is 18.4. The summed E-state index contributed by atoms with van der Waals surface area (Å²) in [6, 6.07) is 10.9. The van der Waals surface area contributed by atoms with Gasteiger partial charge in [-0.2, -0.15) is 0 Å². The lowest BCUT2D eigenvalue weighted by molar-refractivity contribution is -0.384. The average Bonchev–Trinajstić information content (AvgIpc) is 3.17. The lowest BCUT2D eigenvalue weighted by Crippen LogP contribution is -2.19. The maximum atomic E-state index is 12.4. The second-order valence-electron chi connectivity index (χ2n) is 6.38. The van der Waals surface area contributed by atoms with E-state index in [1.54, 1.807) is 36.4 Å². The number of nitro benzene ring substituents is 1. The van der Waals surface area contributed by atoms with Crippen molar-refractivity contribution in [3.8, 4) is 0 Å². The van der Waals surface area contributed by atoms with Crippen LogP contribution in [0.15, 0.2) is 42.5 Å². The van der Waals surface area contributed by atoms with Crippen molar-refractivity contribution in [1.82, 2.24) is 0 Å². The molecule has 0 atom stereocenters. The molecule has 140 valence electrons. The number of nitro groups is 1. The summed E-state index contributed by atoms with van der Waals surface area (Å²) in [5.74, 6) is -1.39. The molecule has 2 aromatic carbocycles. The summed E-state index contributed by atoms with van der Waals surface area (Å²) in [7, 11) is 0. The van der Waals surface area contributed by atoms with Gasteiger partial charge in [-0.05, 0) is 42.7 Å². The molecule has 27 heavy (non-hydrogen) atoms. The van der Waals surface area contributed by atoms with Crippen LogP contribution < -0.4 is 10.2 Å². The quantitative estimate of drug-likeness (QED) is 0.598. The van der Waals surface area contributed by atoms with Crippen molar-refractivity contribution >= 4 is 28.9 Å². The van der Waals surface area contributed by atoms with Gasteiger partial charge >= 0.3 is 5.97 Å². The van der Waals surface area contributed by atoms with Gasteiger partial charge in [-0.25, -0.2) is 0 Å². The van der Waals surface area contributed by atoms with E-state index in [0.29, 0.717) is 16.9 Å². The van der Waals surface area contributed by atoms with Gasteiger partial charge in [0.25, 0.3) is 11.6 Å². The molecule has 3 rings (SSSR count). The molecule has 0 radical (unpaired) electrons. The van der Waals surface area contributed by atoms with Gasteiger partial charge in [-0.3, -0.25) is 19.7 Å². The highest BCUT2D eigenvalue weighted by Gasteiger charge is 2.23. The molecule has 0 aliphatic carbocycles. The number of carbonyl (C=O) groups excluding carboxylic acids is 1. The van der Waals surface area contributed by atoms with Gasteiger partial charge in [0, 0.05) is 30.4 Å². The number of hydrogen-bond acceptors (Lipinski definition) is 5. The molecule has 1 amide bonds. The predicted octanol–water partition coefficient (Wildman–Crippen LogP) is 3.07. The molecule has 2 N–H and O–H groups in total. The van der Waals surface area contributed by atoms with Crippen molar-refractivity contribution in [3.05, 3.63) is 63.7 Å². The van der Waals surface area contributed by atoms with Crippen LogP contribution in [0.3, 0.4) is 0 Å². The van der Waals surface area contributed by atoms with Crippen LogP contribution in [0.5, 0.6) is 0 Å². The average molecular weight is 369 g/mol. The van der Waals surface area contributed by atoms with Gasteiger partial charge in [0.2, 0.25) is 0 Å². The Kier molecular flexibility index (Phi) is 5.35. The standard InChI is InChI=1S/C19H19N3O5/c23-18(24)11-13-3-6-15(7-4-13)20-19(25)14-5-8-16(17(12-14)22(26)27)21-9-1-2-10-21/h3-8,12H,1-2,9-11H2,(H,20,25)(H,23,24). The number of anilines is 2. The summed E-state index contributed by atoms with van der Waals surface area (Å²) >= 11 is 0. The molecule has 8 heteroatoms. The molecule has 0 spiro atoms. The topological polar surface area (TPSA) is 113 Å².